The number of rotatable bonds is 4. The van der Waals surface area contributed by atoms with Crippen molar-refractivity contribution >= 4 is 32.8 Å². The van der Waals surface area contributed by atoms with Crippen LogP contribution < -0.4 is 10.1 Å². The largest absolute Gasteiger partial charge is 0.491 e. The molecular weight excluding hydrogens is 370 g/mol. The molecule has 2 aromatic carbocycles. The molecule has 1 amide bonds. The highest BCUT2D eigenvalue weighted by Crippen LogP contribution is 2.36. The number of ether oxygens (including phenoxy) is 1. The lowest BCUT2D eigenvalue weighted by molar-refractivity contribution is 0.0964. The summed E-state index contributed by atoms with van der Waals surface area (Å²) in [6.07, 6.45) is 0.0590. The minimum Gasteiger partial charge on any atom is -0.491 e. The first-order valence-electron chi connectivity index (χ1n) is 7.71. The van der Waals surface area contributed by atoms with E-state index >= 15 is 0 Å². The predicted molar refractivity (Wildman–Crippen MR) is 98.5 cm³/mol. The Balaban J connectivity index is 2.21. The fourth-order valence-electron chi connectivity index (χ4n) is 2.58. The molecule has 0 fully saturated rings. The van der Waals surface area contributed by atoms with Gasteiger partial charge in [0, 0.05) is 22.5 Å². The zero-order valence-electron chi connectivity index (χ0n) is 13.7. The van der Waals surface area contributed by atoms with E-state index in [1.165, 1.54) is 0 Å². The van der Waals surface area contributed by atoms with Gasteiger partial charge in [0.1, 0.15) is 17.1 Å². The van der Waals surface area contributed by atoms with Crippen LogP contribution in [0, 0.1) is 0 Å². The highest BCUT2D eigenvalue weighted by atomic mass is 79.9. The second-order valence-corrected chi connectivity index (χ2v) is 6.63. The molecule has 1 aromatic heterocycles. The van der Waals surface area contributed by atoms with Gasteiger partial charge in [0.05, 0.1) is 11.7 Å². The number of hydrogen-bond acceptors (Lipinski definition) is 3. The van der Waals surface area contributed by atoms with Gasteiger partial charge in [-0.25, -0.2) is 0 Å². The molecule has 0 bridgehead atoms. The molecular formula is C19H18BrNO3. The number of benzene rings is 2. The van der Waals surface area contributed by atoms with E-state index in [-0.39, 0.29) is 12.0 Å². The maximum atomic E-state index is 12.5. The van der Waals surface area contributed by atoms with E-state index in [0.29, 0.717) is 22.7 Å². The zero-order valence-corrected chi connectivity index (χ0v) is 15.3. The van der Waals surface area contributed by atoms with Gasteiger partial charge in [-0.1, -0.05) is 28.1 Å². The van der Waals surface area contributed by atoms with E-state index in [0.717, 1.165) is 15.4 Å². The van der Waals surface area contributed by atoms with E-state index in [2.05, 4.69) is 21.2 Å². The molecule has 0 spiro atoms. The number of carbonyl (C=O) groups is 1. The zero-order chi connectivity index (χ0) is 17.3. The van der Waals surface area contributed by atoms with Crippen LogP contribution in [0.25, 0.3) is 22.3 Å². The van der Waals surface area contributed by atoms with Gasteiger partial charge < -0.3 is 14.5 Å². The molecule has 0 saturated carbocycles. The van der Waals surface area contributed by atoms with Crippen molar-refractivity contribution in [3.05, 3.63) is 52.5 Å². The third kappa shape index (κ3) is 3.17. The monoisotopic (exact) mass is 387 g/mol. The average molecular weight is 388 g/mol. The Labute approximate surface area is 148 Å². The molecule has 24 heavy (non-hydrogen) atoms. The van der Waals surface area contributed by atoms with Gasteiger partial charge >= 0.3 is 0 Å². The summed E-state index contributed by atoms with van der Waals surface area (Å²) in [6.45, 7) is 3.93. The molecule has 0 aliphatic carbocycles. The molecule has 3 aromatic rings. The van der Waals surface area contributed by atoms with Gasteiger partial charge in [-0.3, -0.25) is 4.79 Å². The van der Waals surface area contributed by atoms with Crippen LogP contribution in [0.5, 0.6) is 5.75 Å². The van der Waals surface area contributed by atoms with Crippen LogP contribution in [0.1, 0.15) is 24.2 Å². The molecule has 0 atom stereocenters. The first-order valence-corrected chi connectivity index (χ1v) is 8.50. The van der Waals surface area contributed by atoms with Crippen molar-refractivity contribution < 1.29 is 13.9 Å². The lowest BCUT2D eigenvalue weighted by Gasteiger charge is -2.09. The Morgan fingerprint density at radius 1 is 1.17 bits per heavy atom. The Morgan fingerprint density at radius 2 is 1.88 bits per heavy atom. The normalized spacial score (nSPS) is 11.0. The van der Waals surface area contributed by atoms with Gasteiger partial charge in [0.2, 0.25) is 0 Å². The summed E-state index contributed by atoms with van der Waals surface area (Å²) in [5.74, 6) is 1.08. The lowest BCUT2D eigenvalue weighted by Crippen LogP contribution is -2.18. The standard InChI is InChI=1S/C19H18BrNO3/c1-11(2)23-14-8-9-16-15(10-14)17(19(22)21-3)18(24-16)12-4-6-13(20)7-5-12/h4-11H,1-3H3,(H,21,22). The molecule has 4 nitrogen and oxygen atoms in total. The number of furan rings is 1. The summed E-state index contributed by atoms with van der Waals surface area (Å²) in [7, 11) is 1.61. The summed E-state index contributed by atoms with van der Waals surface area (Å²) in [6, 6.07) is 13.2. The molecule has 0 radical (unpaired) electrons. The Hall–Kier alpha value is -2.27. The third-order valence-electron chi connectivity index (χ3n) is 3.59. The number of amides is 1. The van der Waals surface area contributed by atoms with E-state index in [1.54, 1.807) is 7.05 Å². The molecule has 0 saturated heterocycles. The summed E-state index contributed by atoms with van der Waals surface area (Å²) in [5.41, 5.74) is 2.02. The Kier molecular flexibility index (Phi) is 4.62. The second-order valence-electron chi connectivity index (χ2n) is 5.72. The predicted octanol–water partition coefficient (Wildman–Crippen LogP) is 5.01. The summed E-state index contributed by atoms with van der Waals surface area (Å²) in [4.78, 5) is 12.5. The van der Waals surface area contributed by atoms with Gasteiger partial charge in [0.25, 0.3) is 5.91 Å². The topological polar surface area (TPSA) is 51.5 Å². The quantitative estimate of drug-likeness (QED) is 0.684. The van der Waals surface area contributed by atoms with Crippen LogP contribution in [0.3, 0.4) is 0 Å². The average Bonchev–Trinajstić information content (AvgIpc) is 2.93. The number of hydrogen-bond donors (Lipinski definition) is 1. The number of fused-ring (bicyclic) bond motifs is 1. The van der Waals surface area contributed by atoms with E-state index < -0.39 is 0 Å². The van der Waals surface area contributed by atoms with Crippen molar-refractivity contribution in [1.29, 1.82) is 0 Å². The van der Waals surface area contributed by atoms with Crippen LogP contribution in [0.15, 0.2) is 51.4 Å². The summed E-state index contributed by atoms with van der Waals surface area (Å²) < 4.78 is 12.7. The third-order valence-corrected chi connectivity index (χ3v) is 4.12. The molecule has 0 unspecified atom stereocenters. The molecule has 1 heterocycles. The fourth-order valence-corrected chi connectivity index (χ4v) is 2.84. The van der Waals surface area contributed by atoms with Crippen molar-refractivity contribution in [3.8, 4) is 17.1 Å². The smallest absolute Gasteiger partial charge is 0.255 e. The summed E-state index contributed by atoms with van der Waals surface area (Å²) in [5, 5.41) is 3.43. The molecule has 0 aliphatic rings. The van der Waals surface area contributed by atoms with Gasteiger partial charge in [-0.05, 0) is 44.2 Å². The molecule has 1 N–H and O–H groups in total. The first-order chi connectivity index (χ1) is 11.5. The van der Waals surface area contributed by atoms with Crippen molar-refractivity contribution in [2.45, 2.75) is 20.0 Å². The number of nitrogens with one attached hydrogen (secondary N) is 1. The number of halogens is 1. The van der Waals surface area contributed by atoms with Crippen molar-refractivity contribution in [2.75, 3.05) is 7.05 Å². The van der Waals surface area contributed by atoms with Gasteiger partial charge in [0.15, 0.2) is 0 Å². The fraction of sp³-hybridized carbons (Fsp3) is 0.211. The Morgan fingerprint density at radius 3 is 2.50 bits per heavy atom. The van der Waals surface area contributed by atoms with Crippen LogP contribution in [0.2, 0.25) is 0 Å². The van der Waals surface area contributed by atoms with Crippen molar-refractivity contribution in [1.82, 2.24) is 5.32 Å². The van der Waals surface area contributed by atoms with Crippen molar-refractivity contribution in [3.63, 3.8) is 0 Å². The molecule has 0 aliphatic heterocycles. The van der Waals surface area contributed by atoms with Crippen LogP contribution in [-0.4, -0.2) is 19.1 Å². The Bertz CT molecular complexity index is 882. The van der Waals surface area contributed by atoms with Crippen LogP contribution in [-0.2, 0) is 0 Å². The number of carbonyl (C=O) groups excluding carboxylic acids is 1. The molecule has 124 valence electrons. The maximum Gasteiger partial charge on any atom is 0.255 e. The molecule has 3 rings (SSSR count). The first kappa shape index (κ1) is 16.6. The minimum absolute atomic E-state index is 0.0590. The van der Waals surface area contributed by atoms with E-state index in [4.69, 9.17) is 9.15 Å². The molecule has 5 heteroatoms. The highest BCUT2D eigenvalue weighted by molar-refractivity contribution is 9.10. The van der Waals surface area contributed by atoms with E-state index in [1.807, 2.05) is 56.3 Å². The van der Waals surface area contributed by atoms with Gasteiger partial charge in [-0.15, -0.1) is 0 Å². The highest BCUT2D eigenvalue weighted by Gasteiger charge is 2.22. The second kappa shape index (κ2) is 6.69. The maximum absolute atomic E-state index is 12.5. The van der Waals surface area contributed by atoms with Crippen molar-refractivity contribution in [2.24, 2.45) is 0 Å². The van der Waals surface area contributed by atoms with E-state index in [9.17, 15) is 4.79 Å². The summed E-state index contributed by atoms with van der Waals surface area (Å²) >= 11 is 3.42. The minimum atomic E-state index is -0.187. The van der Waals surface area contributed by atoms with Crippen LogP contribution in [0.4, 0.5) is 0 Å². The SMILES string of the molecule is CNC(=O)c1c(-c2ccc(Br)cc2)oc2ccc(OC(C)C)cc12. The lowest BCUT2D eigenvalue weighted by atomic mass is 10.0. The van der Waals surface area contributed by atoms with Crippen LogP contribution >= 0.6 is 15.9 Å². The van der Waals surface area contributed by atoms with Gasteiger partial charge in [-0.2, -0.15) is 0 Å².